The van der Waals surface area contributed by atoms with Gasteiger partial charge >= 0.3 is 0 Å². The monoisotopic (exact) mass is 282 g/mol. The average Bonchev–Trinajstić information content (AvgIpc) is 2.37. The molecule has 1 nitrogen and oxygen atoms in total. The van der Waals surface area contributed by atoms with Gasteiger partial charge in [-0.3, -0.25) is 4.79 Å². The Balaban J connectivity index is 1.81. The Labute approximate surface area is 118 Å². The average molecular weight is 283 g/mol. The van der Waals surface area contributed by atoms with Crippen molar-refractivity contribution in [2.24, 2.45) is 11.8 Å². The minimum atomic E-state index is 0.299. The van der Waals surface area contributed by atoms with Crippen molar-refractivity contribution >= 4 is 29.1 Å². The second-order valence-corrected chi connectivity index (χ2v) is 6.65. The highest BCUT2D eigenvalue weighted by Crippen LogP contribution is 2.30. The van der Waals surface area contributed by atoms with Crippen molar-refractivity contribution < 1.29 is 4.79 Å². The number of rotatable bonds is 4. The van der Waals surface area contributed by atoms with Gasteiger partial charge in [-0.15, -0.1) is 11.8 Å². The molecule has 0 atom stereocenters. The summed E-state index contributed by atoms with van der Waals surface area (Å²) in [5, 5.41) is 0.735. The fraction of sp³-hybridized carbons (Fsp3) is 0.533. The zero-order chi connectivity index (χ0) is 13.0. The standard InChI is InChI=1S/C15H19ClOS/c1-11-5-7-12(8-6-11)15(17)10-18-14-4-2-3-13(16)9-14/h2-4,9,11-12H,5-8,10H2,1H3. The highest BCUT2D eigenvalue weighted by Gasteiger charge is 2.23. The van der Waals surface area contributed by atoms with E-state index in [2.05, 4.69) is 6.92 Å². The lowest BCUT2D eigenvalue weighted by molar-refractivity contribution is -0.121. The van der Waals surface area contributed by atoms with Crippen LogP contribution in [0.2, 0.25) is 5.02 Å². The van der Waals surface area contributed by atoms with Gasteiger partial charge in [0.2, 0.25) is 0 Å². The Hall–Kier alpha value is -0.470. The van der Waals surface area contributed by atoms with Crippen LogP contribution in [0.5, 0.6) is 0 Å². The molecule has 1 aromatic carbocycles. The number of hydrogen-bond acceptors (Lipinski definition) is 2. The van der Waals surface area contributed by atoms with Crippen molar-refractivity contribution in [3.8, 4) is 0 Å². The van der Waals surface area contributed by atoms with Crippen LogP contribution in [0.4, 0.5) is 0 Å². The molecule has 1 aromatic rings. The van der Waals surface area contributed by atoms with E-state index in [0.717, 1.165) is 28.7 Å². The number of halogens is 1. The normalized spacial score (nSPS) is 23.9. The molecule has 0 spiro atoms. The van der Waals surface area contributed by atoms with E-state index in [1.54, 1.807) is 11.8 Å². The van der Waals surface area contributed by atoms with Crippen LogP contribution >= 0.6 is 23.4 Å². The van der Waals surface area contributed by atoms with E-state index in [1.165, 1.54) is 12.8 Å². The molecule has 0 bridgehead atoms. The first-order valence-corrected chi connectivity index (χ1v) is 7.92. The molecular weight excluding hydrogens is 264 g/mol. The molecule has 1 saturated carbocycles. The molecule has 0 radical (unpaired) electrons. The van der Waals surface area contributed by atoms with Crippen LogP contribution in [0.25, 0.3) is 0 Å². The van der Waals surface area contributed by atoms with Gasteiger partial charge in [-0.2, -0.15) is 0 Å². The maximum atomic E-state index is 12.1. The van der Waals surface area contributed by atoms with Crippen molar-refractivity contribution in [1.29, 1.82) is 0 Å². The summed E-state index contributed by atoms with van der Waals surface area (Å²) in [5.41, 5.74) is 0. The minimum Gasteiger partial charge on any atom is -0.298 e. The summed E-state index contributed by atoms with van der Waals surface area (Å²) in [5.74, 6) is 2.09. The lowest BCUT2D eigenvalue weighted by atomic mass is 9.81. The van der Waals surface area contributed by atoms with Crippen molar-refractivity contribution in [3.63, 3.8) is 0 Å². The van der Waals surface area contributed by atoms with Crippen LogP contribution in [0.15, 0.2) is 29.2 Å². The van der Waals surface area contributed by atoms with Crippen LogP contribution in [0.3, 0.4) is 0 Å². The summed E-state index contributed by atoms with van der Waals surface area (Å²) in [6.07, 6.45) is 4.57. The number of carbonyl (C=O) groups is 1. The van der Waals surface area contributed by atoms with E-state index < -0.39 is 0 Å². The highest BCUT2D eigenvalue weighted by molar-refractivity contribution is 8.00. The van der Waals surface area contributed by atoms with Gasteiger partial charge in [0.05, 0.1) is 5.75 Å². The molecule has 0 amide bonds. The summed E-state index contributed by atoms with van der Waals surface area (Å²) >= 11 is 7.53. The first-order valence-electron chi connectivity index (χ1n) is 6.56. The maximum absolute atomic E-state index is 12.1. The number of ketones is 1. The van der Waals surface area contributed by atoms with E-state index in [9.17, 15) is 4.79 Å². The van der Waals surface area contributed by atoms with Crippen LogP contribution in [-0.2, 0) is 4.79 Å². The van der Waals surface area contributed by atoms with Gasteiger partial charge < -0.3 is 0 Å². The lowest BCUT2D eigenvalue weighted by Crippen LogP contribution is -2.22. The third-order valence-corrected chi connectivity index (χ3v) is 4.90. The van der Waals surface area contributed by atoms with Crippen molar-refractivity contribution in [3.05, 3.63) is 29.3 Å². The quantitative estimate of drug-likeness (QED) is 0.736. The van der Waals surface area contributed by atoms with Crippen molar-refractivity contribution in [1.82, 2.24) is 0 Å². The second kappa shape index (κ2) is 6.63. The summed E-state index contributed by atoms with van der Waals surface area (Å²) in [6, 6.07) is 7.71. The molecule has 0 aliphatic heterocycles. The van der Waals surface area contributed by atoms with Gasteiger partial charge in [0.1, 0.15) is 5.78 Å². The van der Waals surface area contributed by atoms with E-state index in [-0.39, 0.29) is 0 Å². The molecule has 0 N–H and O–H groups in total. The number of carbonyl (C=O) groups excluding carboxylic acids is 1. The van der Waals surface area contributed by atoms with Gasteiger partial charge in [0.25, 0.3) is 0 Å². The Morgan fingerprint density at radius 2 is 2.06 bits per heavy atom. The molecule has 0 aromatic heterocycles. The second-order valence-electron chi connectivity index (χ2n) is 5.17. The van der Waals surface area contributed by atoms with Crippen molar-refractivity contribution in [2.75, 3.05) is 5.75 Å². The number of hydrogen-bond donors (Lipinski definition) is 0. The predicted octanol–water partition coefficient (Wildman–Crippen LogP) is 4.83. The number of thioether (sulfide) groups is 1. The molecule has 1 aliphatic rings. The number of benzene rings is 1. The Morgan fingerprint density at radius 3 is 2.72 bits per heavy atom. The lowest BCUT2D eigenvalue weighted by Gasteiger charge is -2.24. The summed E-state index contributed by atoms with van der Waals surface area (Å²) < 4.78 is 0. The predicted molar refractivity (Wildman–Crippen MR) is 78.3 cm³/mol. The molecule has 1 fully saturated rings. The Morgan fingerprint density at radius 1 is 1.33 bits per heavy atom. The van der Waals surface area contributed by atoms with Crippen molar-refractivity contribution in [2.45, 2.75) is 37.5 Å². The maximum Gasteiger partial charge on any atom is 0.146 e. The van der Waals surface area contributed by atoms with Crippen LogP contribution in [-0.4, -0.2) is 11.5 Å². The summed E-state index contributed by atoms with van der Waals surface area (Å²) in [7, 11) is 0. The molecule has 0 saturated heterocycles. The van der Waals surface area contributed by atoms with Crippen LogP contribution < -0.4 is 0 Å². The largest absolute Gasteiger partial charge is 0.298 e. The van der Waals surface area contributed by atoms with E-state index in [0.29, 0.717) is 17.5 Å². The zero-order valence-corrected chi connectivity index (χ0v) is 12.3. The van der Waals surface area contributed by atoms with Gasteiger partial charge in [-0.05, 0) is 37.0 Å². The third kappa shape index (κ3) is 4.03. The first-order chi connectivity index (χ1) is 8.65. The molecule has 3 heteroatoms. The third-order valence-electron chi connectivity index (χ3n) is 3.65. The fourth-order valence-corrected chi connectivity index (χ4v) is 3.60. The Kier molecular flexibility index (Phi) is 5.13. The zero-order valence-electron chi connectivity index (χ0n) is 10.7. The van der Waals surface area contributed by atoms with E-state index in [1.807, 2.05) is 24.3 Å². The molecule has 0 unspecified atom stereocenters. The summed E-state index contributed by atoms with van der Waals surface area (Å²) in [4.78, 5) is 13.2. The molecule has 1 aliphatic carbocycles. The molecule has 98 valence electrons. The van der Waals surface area contributed by atoms with Gasteiger partial charge in [-0.1, -0.05) is 37.4 Å². The van der Waals surface area contributed by atoms with E-state index in [4.69, 9.17) is 11.6 Å². The van der Waals surface area contributed by atoms with Gasteiger partial charge in [-0.25, -0.2) is 0 Å². The fourth-order valence-electron chi connectivity index (χ4n) is 2.41. The molecule has 0 heterocycles. The SMILES string of the molecule is CC1CCC(C(=O)CSc2cccc(Cl)c2)CC1. The highest BCUT2D eigenvalue weighted by atomic mass is 35.5. The smallest absolute Gasteiger partial charge is 0.146 e. The summed E-state index contributed by atoms with van der Waals surface area (Å²) in [6.45, 7) is 2.28. The van der Waals surface area contributed by atoms with Crippen LogP contribution in [0, 0.1) is 11.8 Å². The minimum absolute atomic E-state index is 0.299. The molecule has 2 rings (SSSR count). The van der Waals surface area contributed by atoms with Crippen LogP contribution in [0.1, 0.15) is 32.6 Å². The first kappa shape index (κ1) is 14.0. The Bertz CT molecular complexity index is 411. The van der Waals surface area contributed by atoms with Gasteiger partial charge in [0, 0.05) is 15.8 Å². The topological polar surface area (TPSA) is 17.1 Å². The number of Topliss-reactive ketones (excluding diaryl/α,β-unsaturated/α-hetero) is 1. The van der Waals surface area contributed by atoms with E-state index >= 15 is 0 Å². The molecule has 18 heavy (non-hydrogen) atoms. The van der Waals surface area contributed by atoms with Gasteiger partial charge in [0.15, 0.2) is 0 Å². The molecular formula is C15H19ClOS.